The molecule has 4 heteroatoms. The second-order valence-electron chi connectivity index (χ2n) is 9.33. The summed E-state index contributed by atoms with van der Waals surface area (Å²) in [5.41, 5.74) is 0.0493. The van der Waals surface area contributed by atoms with E-state index in [1.165, 1.54) is 6.92 Å². The molecule has 0 aromatic carbocycles. The molecular weight excluding hydrogens is 328 g/mol. The number of carbonyl (C=O) groups is 1. The Kier molecular flexibility index (Phi) is 6.40. The first kappa shape index (κ1) is 21.2. The first-order valence-electron chi connectivity index (χ1n) is 9.86. The summed E-state index contributed by atoms with van der Waals surface area (Å²) in [4.78, 5) is 11.8. The zero-order chi connectivity index (χ0) is 19.7. The normalized spacial score (nSPS) is 38.9. The van der Waals surface area contributed by atoms with Crippen molar-refractivity contribution in [2.75, 3.05) is 0 Å². The summed E-state index contributed by atoms with van der Waals surface area (Å²) in [6.07, 6.45) is 8.65. The van der Waals surface area contributed by atoms with Crippen LogP contribution in [-0.2, 0) is 9.53 Å². The molecule has 0 radical (unpaired) electrons. The molecule has 26 heavy (non-hydrogen) atoms. The molecule has 2 N–H and O–H groups in total. The van der Waals surface area contributed by atoms with E-state index in [1.54, 1.807) is 0 Å². The van der Waals surface area contributed by atoms with E-state index < -0.39 is 11.7 Å². The molecule has 0 aromatic rings. The van der Waals surface area contributed by atoms with E-state index in [9.17, 15) is 15.0 Å². The topological polar surface area (TPSA) is 66.8 Å². The minimum Gasteiger partial charge on any atom is -0.462 e. The van der Waals surface area contributed by atoms with E-state index in [2.05, 4.69) is 26.0 Å². The zero-order valence-electron chi connectivity index (χ0n) is 17.2. The number of allylic oxidation sites excluding steroid dienone is 2. The van der Waals surface area contributed by atoms with Crippen LogP contribution in [0.4, 0.5) is 0 Å². The molecule has 2 aliphatic carbocycles. The van der Waals surface area contributed by atoms with Crippen LogP contribution in [0.2, 0.25) is 0 Å². The van der Waals surface area contributed by atoms with Gasteiger partial charge in [-0.15, -0.1) is 0 Å². The van der Waals surface area contributed by atoms with E-state index in [0.29, 0.717) is 12.8 Å². The molecule has 2 rings (SSSR count). The van der Waals surface area contributed by atoms with Crippen LogP contribution >= 0.6 is 0 Å². The third-order valence-corrected chi connectivity index (χ3v) is 6.23. The van der Waals surface area contributed by atoms with E-state index in [1.807, 2.05) is 26.8 Å². The maximum absolute atomic E-state index is 11.8. The molecular formula is C22H36O4. The lowest BCUT2D eigenvalue weighted by Gasteiger charge is -2.41. The van der Waals surface area contributed by atoms with E-state index >= 15 is 0 Å². The maximum Gasteiger partial charge on any atom is 0.302 e. The van der Waals surface area contributed by atoms with Crippen LogP contribution in [0, 0.1) is 23.2 Å². The highest BCUT2D eigenvalue weighted by atomic mass is 16.5. The molecule has 0 bridgehead atoms. The molecule has 0 amide bonds. The second-order valence-corrected chi connectivity index (χ2v) is 9.33. The van der Waals surface area contributed by atoms with Crippen LogP contribution in [0.1, 0.15) is 67.2 Å². The SMILES string of the molecule is CC(=O)OC1CC(C)=C[C@H](O)CC(C)C=C[C@@]2(C)CCC(C(C)(C)O)C12. The van der Waals surface area contributed by atoms with Gasteiger partial charge in [0.15, 0.2) is 0 Å². The van der Waals surface area contributed by atoms with Crippen molar-refractivity contribution in [1.82, 2.24) is 0 Å². The predicted molar refractivity (Wildman–Crippen MR) is 103 cm³/mol. The molecule has 0 saturated heterocycles. The van der Waals surface area contributed by atoms with Crippen molar-refractivity contribution in [2.24, 2.45) is 23.2 Å². The number of aliphatic hydroxyl groups is 2. The quantitative estimate of drug-likeness (QED) is 0.574. The molecule has 2 aliphatic rings. The number of hydrogen-bond acceptors (Lipinski definition) is 4. The molecule has 6 atom stereocenters. The summed E-state index contributed by atoms with van der Waals surface area (Å²) in [5, 5.41) is 21.1. The second kappa shape index (κ2) is 7.85. The van der Waals surface area contributed by atoms with Gasteiger partial charge in [-0.05, 0) is 57.3 Å². The van der Waals surface area contributed by atoms with Gasteiger partial charge in [0.2, 0.25) is 0 Å². The smallest absolute Gasteiger partial charge is 0.302 e. The van der Waals surface area contributed by atoms with Gasteiger partial charge in [0.1, 0.15) is 6.10 Å². The Hall–Kier alpha value is -1.13. The van der Waals surface area contributed by atoms with Crippen molar-refractivity contribution in [3.63, 3.8) is 0 Å². The van der Waals surface area contributed by atoms with Crippen molar-refractivity contribution < 1.29 is 19.7 Å². The Labute approximate surface area is 158 Å². The fourth-order valence-corrected chi connectivity index (χ4v) is 5.02. The van der Waals surface area contributed by atoms with Gasteiger partial charge < -0.3 is 14.9 Å². The summed E-state index contributed by atoms with van der Waals surface area (Å²) in [5.74, 6) is 0.0565. The van der Waals surface area contributed by atoms with Gasteiger partial charge in [-0.25, -0.2) is 0 Å². The predicted octanol–water partition coefficient (Wildman–Crippen LogP) is 4.01. The molecule has 148 valence electrons. The average molecular weight is 365 g/mol. The number of fused-ring (bicyclic) bond motifs is 1. The minimum absolute atomic E-state index is 0.0356. The van der Waals surface area contributed by atoms with Crippen molar-refractivity contribution in [3.8, 4) is 0 Å². The third-order valence-electron chi connectivity index (χ3n) is 6.23. The number of hydrogen-bond donors (Lipinski definition) is 2. The monoisotopic (exact) mass is 364 g/mol. The van der Waals surface area contributed by atoms with Crippen LogP contribution < -0.4 is 0 Å². The van der Waals surface area contributed by atoms with Gasteiger partial charge in [-0.1, -0.05) is 37.6 Å². The van der Waals surface area contributed by atoms with Crippen LogP contribution in [-0.4, -0.2) is 34.0 Å². The Morgan fingerprint density at radius 2 is 2.04 bits per heavy atom. The van der Waals surface area contributed by atoms with Crippen molar-refractivity contribution in [2.45, 2.75) is 85.0 Å². The number of carbonyl (C=O) groups excluding carboxylic acids is 1. The Morgan fingerprint density at radius 1 is 1.38 bits per heavy atom. The standard InChI is InChI=1S/C22H36O4/c1-14-7-9-22(6)10-8-18(21(4,5)25)20(22)19(26-16(3)23)13-15(2)12-17(24)11-14/h7,9,12,14,17-20,24-25H,8,10-11,13H2,1-6H3/t14?,17-,18?,19?,20?,22+/m1/s1. The minimum atomic E-state index is -0.836. The first-order chi connectivity index (χ1) is 11.9. The van der Waals surface area contributed by atoms with Gasteiger partial charge in [-0.3, -0.25) is 4.79 Å². The molecule has 0 aromatic heterocycles. The fraction of sp³-hybridized carbons (Fsp3) is 0.773. The molecule has 0 heterocycles. The van der Waals surface area contributed by atoms with E-state index in [0.717, 1.165) is 18.4 Å². The molecule has 4 nitrogen and oxygen atoms in total. The maximum atomic E-state index is 11.8. The molecule has 1 saturated carbocycles. The summed E-state index contributed by atoms with van der Waals surface area (Å²) in [6, 6.07) is 0. The molecule has 0 aliphatic heterocycles. The third kappa shape index (κ3) is 4.98. The lowest BCUT2D eigenvalue weighted by atomic mass is 9.68. The molecule has 1 fully saturated rings. The first-order valence-corrected chi connectivity index (χ1v) is 9.86. The van der Waals surface area contributed by atoms with Crippen molar-refractivity contribution in [3.05, 3.63) is 23.8 Å². The number of esters is 1. The lowest BCUT2D eigenvalue weighted by Crippen LogP contribution is -2.44. The average Bonchev–Trinajstić information content (AvgIpc) is 2.81. The number of ether oxygens (including phenoxy) is 1. The van der Waals surface area contributed by atoms with Gasteiger partial charge >= 0.3 is 5.97 Å². The highest BCUT2D eigenvalue weighted by Crippen LogP contribution is 2.54. The lowest BCUT2D eigenvalue weighted by molar-refractivity contribution is -0.154. The highest BCUT2D eigenvalue weighted by Gasteiger charge is 2.53. The van der Waals surface area contributed by atoms with Crippen LogP contribution in [0.15, 0.2) is 23.8 Å². The molecule has 0 spiro atoms. The fourth-order valence-electron chi connectivity index (χ4n) is 5.02. The van der Waals surface area contributed by atoms with E-state index in [-0.39, 0.29) is 35.2 Å². The Balaban J connectivity index is 2.52. The Bertz CT molecular complexity index is 571. The summed E-state index contributed by atoms with van der Waals surface area (Å²) < 4.78 is 5.79. The number of rotatable bonds is 2. The summed E-state index contributed by atoms with van der Waals surface area (Å²) in [7, 11) is 0. The van der Waals surface area contributed by atoms with Crippen molar-refractivity contribution >= 4 is 5.97 Å². The van der Waals surface area contributed by atoms with Gasteiger partial charge in [0, 0.05) is 19.3 Å². The van der Waals surface area contributed by atoms with Gasteiger partial charge in [0.05, 0.1) is 11.7 Å². The summed E-state index contributed by atoms with van der Waals surface area (Å²) >= 11 is 0. The number of aliphatic hydroxyl groups excluding tert-OH is 1. The Morgan fingerprint density at radius 3 is 2.62 bits per heavy atom. The van der Waals surface area contributed by atoms with E-state index in [4.69, 9.17) is 4.74 Å². The van der Waals surface area contributed by atoms with Gasteiger partial charge in [0.25, 0.3) is 0 Å². The van der Waals surface area contributed by atoms with Crippen LogP contribution in [0.5, 0.6) is 0 Å². The van der Waals surface area contributed by atoms with Crippen LogP contribution in [0.3, 0.4) is 0 Å². The highest BCUT2D eigenvalue weighted by molar-refractivity contribution is 5.66. The zero-order valence-corrected chi connectivity index (χ0v) is 17.2. The van der Waals surface area contributed by atoms with Crippen molar-refractivity contribution in [1.29, 1.82) is 0 Å². The van der Waals surface area contributed by atoms with Crippen LogP contribution in [0.25, 0.3) is 0 Å². The largest absolute Gasteiger partial charge is 0.462 e. The van der Waals surface area contributed by atoms with Gasteiger partial charge in [-0.2, -0.15) is 0 Å². The summed E-state index contributed by atoms with van der Waals surface area (Å²) in [6.45, 7) is 11.5. The molecule has 4 unspecified atom stereocenters.